The molecule has 1 heterocycles. The molecule has 0 fully saturated rings. The van der Waals surface area contributed by atoms with Gasteiger partial charge >= 0.3 is 0 Å². The maximum Gasteiger partial charge on any atom is 0.214 e. The van der Waals surface area contributed by atoms with E-state index in [-0.39, 0.29) is 0 Å². The Bertz CT molecular complexity index is 482. The van der Waals surface area contributed by atoms with Crippen LogP contribution in [-0.4, -0.2) is 24.5 Å². The molecule has 1 aromatic heterocycles. The van der Waals surface area contributed by atoms with E-state index in [9.17, 15) is 0 Å². The number of allylic oxidation sites excluding steroid dienone is 1. The van der Waals surface area contributed by atoms with Crippen molar-refractivity contribution in [3.63, 3.8) is 0 Å². The van der Waals surface area contributed by atoms with E-state index in [1.165, 1.54) is 19.3 Å². The van der Waals surface area contributed by atoms with E-state index >= 15 is 0 Å². The summed E-state index contributed by atoms with van der Waals surface area (Å²) in [5, 5.41) is 6.53. The maximum atomic E-state index is 5.53. The highest BCUT2D eigenvalue weighted by Gasteiger charge is 2.07. The molecule has 0 amide bonds. The van der Waals surface area contributed by atoms with Crippen molar-refractivity contribution in [3.8, 4) is 0 Å². The van der Waals surface area contributed by atoms with Crippen LogP contribution in [0.4, 0.5) is 0 Å². The van der Waals surface area contributed by atoms with Crippen molar-refractivity contribution in [3.05, 3.63) is 29.0 Å². The molecular formula is C15H24N4O. The van der Waals surface area contributed by atoms with Crippen LogP contribution in [0.25, 0.3) is 0 Å². The van der Waals surface area contributed by atoms with Gasteiger partial charge in [-0.15, -0.1) is 0 Å². The second kappa shape index (κ2) is 7.12. The lowest BCUT2D eigenvalue weighted by atomic mass is 10.2. The fourth-order valence-corrected chi connectivity index (χ4v) is 2.30. The number of guanidine groups is 1. The Kier molecular flexibility index (Phi) is 5.21. The monoisotopic (exact) mass is 276 g/mol. The molecule has 1 aromatic rings. The van der Waals surface area contributed by atoms with Gasteiger partial charge in [0, 0.05) is 13.6 Å². The third kappa shape index (κ3) is 4.11. The smallest absolute Gasteiger partial charge is 0.214 e. The Balaban J connectivity index is 1.72. The van der Waals surface area contributed by atoms with Crippen molar-refractivity contribution in [2.24, 2.45) is 4.99 Å². The second-order valence-corrected chi connectivity index (χ2v) is 5.11. The third-order valence-electron chi connectivity index (χ3n) is 3.58. The molecule has 0 unspecified atom stereocenters. The number of aliphatic imine (C=N–C) groups is 1. The first-order valence-electron chi connectivity index (χ1n) is 7.24. The van der Waals surface area contributed by atoms with Gasteiger partial charge in [0.1, 0.15) is 5.76 Å². The van der Waals surface area contributed by atoms with Gasteiger partial charge in [0.25, 0.3) is 0 Å². The van der Waals surface area contributed by atoms with Crippen LogP contribution in [0.5, 0.6) is 0 Å². The van der Waals surface area contributed by atoms with Gasteiger partial charge in [-0.1, -0.05) is 11.6 Å². The number of aromatic nitrogens is 1. The molecule has 1 aliphatic carbocycles. The molecule has 0 spiro atoms. The molecule has 0 aliphatic heterocycles. The molecule has 0 atom stereocenters. The second-order valence-electron chi connectivity index (χ2n) is 5.11. The van der Waals surface area contributed by atoms with Gasteiger partial charge in [0.05, 0.1) is 12.2 Å². The van der Waals surface area contributed by atoms with Crippen molar-refractivity contribution in [1.29, 1.82) is 0 Å². The van der Waals surface area contributed by atoms with Crippen molar-refractivity contribution in [1.82, 2.24) is 15.6 Å². The average molecular weight is 276 g/mol. The number of rotatable bonds is 5. The van der Waals surface area contributed by atoms with Crippen LogP contribution in [0.2, 0.25) is 0 Å². The van der Waals surface area contributed by atoms with Crippen molar-refractivity contribution in [2.75, 3.05) is 13.6 Å². The van der Waals surface area contributed by atoms with Gasteiger partial charge in [0.2, 0.25) is 5.89 Å². The number of hydrogen-bond acceptors (Lipinski definition) is 3. The zero-order valence-corrected chi connectivity index (χ0v) is 12.6. The summed E-state index contributed by atoms with van der Waals surface area (Å²) in [6.07, 6.45) is 7.26. The van der Waals surface area contributed by atoms with Crippen LogP contribution >= 0.6 is 0 Å². The molecule has 2 N–H and O–H groups in total. The summed E-state index contributed by atoms with van der Waals surface area (Å²) in [5.74, 6) is 2.36. The van der Waals surface area contributed by atoms with E-state index in [2.05, 4.69) is 26.7 Å². The summed E-state index contributed by atoms with van der Waals surface area (Å²) in [6, 6.07) is 0. The first-order valence-corrected chi connectivity index (χ1v) is 7.24. The molecular weight excluding hydrogens is 252 g/mol. The minimum Gasteiger partial charge on any atom is -0.444 e. The summed E-state index contributed by atoms with van der Waals surface area (Å²) in [5.41, 5.74) is 2.50. The van der Waals surface area contributed by atoms with Gasteiger partial charge in [0.15, 0.2) is 5.96 Å². The maximum absolute atomic E-state index is 5.53. The molecule has 110 valence electrons. The fourth-order valence-electron chi connectivity index (χ4n) is 2.30. The molecule has 0 radical (unpaired) electrons. The Hall–Kier alpha value is -1.78. The number of nitrogens with zero attached hydrogens (tertiary/aromatic N) is 2. The standard InChI is InChI=1S/C15H24N4O/c1-11-12(2)20-14(19-11)10-18-15(16-3)17-9-8-13-6-4-5-7-13/h6H,4-5,7-10H2,1-3H3,(H2,16,17,18). The van der Waals surface area contributed by atoms with Crippen LogP contribution < -0.4 is 10.6 Å². The minimum absolute atomic E-state index is 0.553. The van der Waals surface area contributed by atoms with Gasteiger partial charge in [-0.25, -0.2) is 4.98 Å². The molecule has 0 aromatic carbocycles. The lowest BCUT2D eigenvalue weighted by Gasteiger charge is -2.10. The number of aryl methyl sites for hydroxylation is 2. The number of hydrogen-bond donors (Lipinski definition) is 2. The lowest BCUT2D eigenvalue weighted by Crippen LogP contribution is -2.37. The highest BCUT2D eigenvalue weighted by atomic mass is 16.4. The molecule has 0 saturated heterocycles. The minimum atomic E-state index is 0.553. The molecule has 2 rings (SSSR count). The molecule has 20 heavy (non-hydrogen) atoms. The zero-order valence-electron chi connectivity index (χ0n) is 12.6. The van der Waals surface area contributed by atoms with Crippen LogP contribution in [0.1, 0.15) is 43.0 Å². The summed E-state index contributed by atoms with van der Waals surface area (Å²) < 4.78 is 5.53. The van der Waals surface area contributed by atoms with E-state index in [4.69, 9.17) is 4.42 Å². The Morgan fingerprint density at radius 1 is 1.40 bits per heavy atom. The first-order chi connectivity index (χ1) is 9.69. The fraction of sp³-hybridized carbons (Fsp3) is 0.600. The SMILES string of the molecule is CN=C(NCCC1=CCCC1)NCc1nc(C)c(C)o1. The summed E-state index contributed by atoms with van der Waals surface area (Å²) >= 11 is 0. The molecule has 0 saturated carbocycles. The quantitative estimate of drug-likeness (QED) is 0.492. The van der Waals surface area contributed by atoms with Gasteiger partial charge in [-0.3, -0.25) is 4.99 Å². The molecule has 1 aliphatic rings. The average Bonchev–Trinajstić information content (AvgIpc) is 3.05. The highest BCUT2D eigenvalue weighted by Crippen LogP contribution is 2.19. The predicted octanol–water partition coefficient (Wildman–Crippen LogP) is 2.46. The van der Waals surface area contributed by atoms with Gasteiger partial charge < -0.3 is 15.1 Å². The Morgan fingerprint density at radius 3 is 2.85 bits per heavy atom. The topological polar surface area (TPSA) is 62.5 Å². The first kappa shape index (κ1) is 14.6. The summed E-state index contributed by atoms with van der Waals surface area (Å²) in [4.78, 5) is 8.54. The van der Waals surface area contributed by atoms with Crippen molar-refractivity contribution in [2.45, 2.75) is 46.1 Å². The normalized spacial score (nSPS) is 15.3. The van der Waals surface area contributed by atoms with E-state index in [1.807, 2.05) is 13.8 Å². The van der Waals surface area contributed by atoms with E-state index < -0.39 is 0 Å². The summed E-state index contributed by atoms with van der Waals surface area (Å²) in [6.45, 7) is 5.34. The van der Waals surface area contributed by atoms with Gasteiger partial charge in [-0.2, -0.15) is 0 Å². The van der Waals surface area contributed by atoms with E-state index in [0.29, 0.717) is 12.4 Å². The molecule has 0 bridgehead atoms. The number of oxazole rings is 1. The van der Waals surface area contributed by atoms with Crippen molar-refractivity contribution < 1.29 is 4.42 Å². The number of nitrogens with one attached hydrogen (secondary N) is 2. The van der Waals surface area contributed by atoms with Crippen LogP contribution in [0.3, 0.4) is 0 Å². The zero-order chi connectivity index (χ0) is 14.4. The largest absolute Gasteiger partial charge is 0.444 e. The van der Waals surface area contributed by atoms with Crippen LogP contribution in [0, 0.1) is 13.8 Å². The highest BCUT2D eigenvalue weighted by molar-refractivity contribution is 5.79. The molecule has 5 heteroatoms. The van der Waals surface area contributed by atoms with E-state index in [0.717, 1.165) is 30.4 Å². The Morgan fingerprint density at radius 2 is 2.25 bits per heavy atom. The van der Waals surface area contributed by atoms with E-state index in [1.54, 1.807) is 12.6 Å². The third-order valence-corrected chi connectivity index (χ3v) is 3.58. The van der Waals surface area contributed by atoms with Crippen LogP contribution in [-0.2, 0) is 6.54 Å². The predicted molar refractivity (Wildman–Crippen MR) is 80.7 cm³/mol. The molecule has 5 nitrogen and oxygen atoms in total. The lowest BCUT2D eigenvalue weighted by molar-refractivity contribution is 0.463. The van der Waals surface area contributed by atoms with Crippen LogP contribution in [0.15, 0.2) is 21.1 Å². The Labute approximate surface area is 120 Å². The van der Waals surface area contributed by atoms with Gasteiger partial charge in [-0.05, 0) is 39.5 Å². The summed E-state index contributed by atoms with van der Waals surface area (Å²) in [7, 11) is 1.77. The van der Waals surface area contributed by atoms with Crippen molar-refractivity contribution >= 4 is 5.96 Å².